The highest BCUT2D eigenvalue weighted by molar-refractivity contribution is 7.99. The van der Waals surface area contributed by atoms with Gasteiger partial charge in [-0.25, -0.2) is 13.1 Å². The third-order valence-electron chi connectivity index (χ3n) is 3.94. The Morgan fingerprint density at radius 3 is 2.88 bits per heavy atom. The minimum Gasteiger partial charge on any atom is -0.482 e. The standard InChI is InChI=1S/C15H21N3O4S2/c19-15-11-22-14-3-2-12(10-13(14)17-15)24(20,21)16-4-1-5-18-6-8-23-9-7-18/h2-3,10,16H,1,4-9,11H2,(H,17,19). The zero-order chi connectivity index (χ0) is 17.0. The molecule has 1 fully saturated rings. The van der Waals surface area contributed by atoms with Crippen LogP contribution in [0.25, 0.3) is 0 Å². The quantitative estimate of drug-likeness (QED) is 0.717. The van der Waals surface area contributed by atoms with Gasteiger partial charge in [0.2, 0.25) is 10.0 Å². The number of carbonyl (C=O) groups is 1. The fraction of sp³-hybridized carbons (Fsp3) is 0.533. The summed E-state index contributed by atoms with van der Waals surface area (Å²) in [6.07, 6.45) is 0.773. The molecule has 1 saturated heterocycles. The number of hydrogen-bond donors (Lipinski definition) is 2. The highest BCUT2D eigenvalue weighted by Crippen LogP contribution is 2.29. The van der Waals surface area contributed by atoms with E-state index < -0.39 is 10.0 Å². The van der Waals surface area contributed by atoms with Crippen molar-refractivity contribution in [2.24, 2.45) is 0 Å². The number of rotatable bonds is 6. The summed E-state index contributed by atoms with van der Waals surface area (Å²) < 4.78 is 32.6. The Hall–Kier alpha value is -1.29. The first-order valence-electron chi connectivity index (χ1n) is 7.91. The van der Waals surface area contributed by atoms with E-state index in [1.807, 2.05) is 11.8 Å². The van der Waals surface area contributed by atoms with Gasteiger partial charge in [0.15, 0.2) is 6.61 Å². The molecule has 1 amide bonds. The Kier molecular flexibility index (Phi) is 5.65. The van der Waals surface area contributed by atoms with Crippen molar-refractivity contribution in [1.29, 1.82) is 0 Å². The lowest BCUT2D eigenvalue weighted by atomic mass is 10.2. The number of amides is 1. The average molecular weight is 371 g/mol. The average Bonchev–Trinajstić information content (AvgIpc) is 2.59. The number of fused-ring (bicyclic) bond motifs is 1. The van der Waals surface area contributed by atoms with E-state index in [-0.39, 0.29) is 17.4 Å². The van der Waals surface area contributed by atoms with E-state index in [2.05, 4.69) is 14.9 Å². The number of ether oxygens (including phenoxy) is 1. The molecule has 0 aromatic heterocycles. The van der Waals surface area contributed by atoms with Crippen molar-refractivity contribution >= 4 is 33.4 Å². The van der Waals surface area contributed by atoms with Gasteiger partial charge < -0.3 is 15.0 Å². The van der Waals surface area contributed by atoms with Crippen LogP contribution in [0, 0.1) is 0 Å². The molecule has 9 heteroatoms. The normalized spacial score (nSPS) is 18.6. The molecular weight excluding hydrogens is 350 g/mol. The van der Waals surface area contributed by atoms with Crippen LogP contribution in [0.15, 0.2) is 23.1 Å². The molecule has 0 saturated carbocycles. The Bertz CT molecular complexity index is 703. The minimum atomic E-state index is -3.59. The monoisotopic (exact) mass is 371 g/mol. The van der Waals surface area contributed by atoms with Crippen molar-refractivity contribution in [3.05, 3.63) is 18.2 Å². The predicted octanol–water partition coefficient (Wildman–Crippen LogP) is 0.735. The maximum atomic E-state index is 12.4. The fourth-order valence-corrected chi connectivity index (χ4v) is 4.73. The number of nitrogens with one attached hydrogen (secondary N) is 2. The van der Waals surface area contributed by atoms with E-state index in [0.717, 1.165) is 37.6 Å². The molecule has 0 unspecified atom stereocenters. The van der Waals surface area contributed by atoms with Crippen LogP contribution in [0.1, 0.15) is 6.42 Å². The molecule has 0 bridgehead atoms. The summed E-state index contributed by atoms with van der Waals surface area (Å²) in [7, 11) is -3.59. The summed E-state index contributed by atoms with van der Waals surface area (Å²) in [6.45, 7) is 3.39. The molecule has 0 aliphatic carbocycles. The van der Waals surface area contributed by atoms with Gasteiger partial charge in [-0.1, -0.05) is 0 Å². The molecule has 132 valence electrons. The van der Waals surface area contributed by atoms with Crippen LogP contribution in [0.3, 0.4) is 0 Å². The van der Waals surface area contributed by atoms with E-state index in [1.54, 1.807) is 6.07 Å². The second-order valence-electron chi connectivity index (χ2n) is 5.70. The number of benzene rings is 1. The van der Waals surface area contributed by atoms with E-state index >= 15 is 0 Å². The molecule has 2 heterocycles. The van der Waals surface area contributed by atoms with Gasteiger partial charge in [0.25, 0.3) is 5.91 Å². The summed E-state index contributed by atoms with van der Waals surface area (Å²) in [6, 6.07) is 4.48. The lowest BCUT2D eigenvalue weighted by Gasteiger charge is -2.25. The van der Waals surface area contributed by atoms with Crippen LogP contribution in [-0.2, 0) is 14.8 Å². The Balaban J connectivity index is 1.55. The molecule has 0 radical (unpaired) electrons. The van der Waals surface area contributed by atoms with Crippen LogP contribution >= 0.6 is 11.8 Å². The Morgan fingerprint density at radius 1 is 1.29 bits per heavy atom. The van der Waals surface area contributed by atoms with Crippen molar-refractivity contribution in [3.8, 4) is 5.75 Å². The van der Waals surface area contributed by atoms with Gasteiger partial charge in [-0.2, -0.15) is 11.8 Å². The molecule has 24 heavy (non-hydrogen) atoms. The summed E-state index contributed by atoms with van der Waals surface area (Å²) in [5.74, 6) is 2.49. The SMILES string of the molecule is O=C1COc2ccc(S(=O)(=O)NCCCN3CCSCC3)cc2N1. The molecule has 0 atom stereocenters. The maximum absolute atomic E-state index is 12.4. The lowest BCUT2D eigenvalue weighted by molar-refractivity contribution is -0.118. The molecule has 3 rings (SSSR count). The van der Waals surface area contributed by atoms with Crippen LogP contribution in [0.5, 0.6) is 5.75 Å². The smallest absolute Gasteiger partial charge is 0.262 e. The Morgan fingerprint density at radius 2 is 2.08 bits per heavy atom. The number of hydrogen-bond acceptors (Lipinski definition) is 6. The van der Waals surface area contributed by atoms with E-state index in [4.69, 9.17) is 4.74 Å². The first kappa shape index (κ1) is 17.5. The third kappa shape index (κ3) is 4.41. The summed E-state index contributed by atoms with van der Waals surface area (Å²) in [5, 5.41) is 2.62. The first-order chi connectivity index (χ1) is 11.5. The molecule has 0 spiro atoms. The second-order valence-corrected chi connectivity index (χ2v) is 8.69. The zero-order valence-corrected chi connectivity index (χ0v) is 14.9. The largest absolute Gasteiger partial charge is 0.482 e. The highest BCUT2D eigenvalue weighted by atomic mass is 32.2. The topological polar surface area (TPSA) is 87.7 Å². The first-order valence-corrected chi connectivity index (χ1v) is 10.5. The molecule has 2 aliphatic heterocycles. The summed E-state index contributed by atoms with van der Waals surface area (Å²) in [4.78, 5) is 13.8. The van der Waals surface area contributed by atoms with E-state index in [1.165, 1.54) is 12.1 Å². The zero-order valence-electron chi connectivity index (χ0n) is 13.3. The number of sulfonamides is 1. The van der Waals surface area contributed by atoms with Gasteiger partial charge in [-0.15, -0.1) is 0 Å². The van der Waals surface area contributed by atoms with Crippen LogP contribution < -0.4 is 14.8 Å². The molecular formula is C15H21N3O4S2. The van der Waals surface area contributed by atoms with E-state index in [9.17, 15) is 13.2 Å². The highest BCUT2D eigenvalue weighted by Gasteiger charge is 2.20. The Labute approximate surface area is 146 Å². The van der Waals surface area contributed by atoms with Crippen molar-refractivity contribution < 1.29 is 17.9 Å². The summed E-state index contributed by atoms with van der Waals surface area (Å²) >= 11 is 1.96. The maximum Gasteiger partial charge on any atom is 0.262 e. The molecule has 1 aromatic rings. The van der Waals surface area contributed by atoms with Gasteiger partial charge in [0.1, 0.15) is 5.75 Å². The minimum absolute atomic E-state index is 0.0493. The summed E-state index contributed by atoms with van der Waals surface area (Å²) in [5.41, 5.74) is 0.389. The van der Waals surface area contributed by atoms with Crippen LogP contribution in [0.2, 0.25) is 0 Å². The number of thioether (sulfide) groups is 1. The van der Waals surface area contributed by atoms with Crippen molar-refractivity contribution in [3.63, 3.8) is 0 Å². The van der Waals surface area contributed by atoms with Crippen molar-refractivity contribution in [2.75, 3.05) is 49.6 Å². The van der Waals surface area contributed by atoms with E-state index in [0.29, 0.717) is 18.0 Å². The van der Waals surface area contributed by atoms with Crippen LogP contribution in [0.4, 0.5) is 5.69 Å². The van der Waals surface area contributed by atoms with Crippen LogP contribution in [-0.4, -0.2) is 63.5 Å². The van der Waals surface area contributed by atoms with Gasteiger partial charge in [0, 0.05) is 31.1 Å². The van der Waals surface area contributed by atoms with Gasteiger partial charge in [0.05, 0.1) is 10.6 Å². The van der Waals surface area contributed by atoms with Crippen molar-refractivity contribution in [1.82, 2.24) is 9.62 Å². The molecule has 2 aliphatic rings. The third-order valence-corrected chi connectivity index (χ3v) is 6.34. The number of carbonyl (C=O) groups excluding carboxylic acids is 1. The number of anilines is 1. The molecule has 1 aromatic carbocycles. The van der Waals surface area contributed by atoms with Gasteiger partial charge in [-0.3, -0.25) is 4.79 Å². The van der Waals surface area contributed by atoms with Crippen molar-refractivity contribution in [2.45, 2.75) is 11.3 Å². The number of nitrogens with zero attached hydrogens (tertiary/aromatic N) is 1. The molecule has 2 N–H and O–H groups in total. The fourth-order valence-electron chi connectivity index (χ4n) is 2.65. The van der Waals surface area contributed by atoms with Gasteiger partial charge >= 0.3 is 0 Å². The lowest BCUT2D eigenvalue weighted by Crippen LogP contribution is -2.35. The molecule has 7 nitrogen and oxygen atoms in total. The predicted molar refractivity (Wildman–Crippen MR) is 94.1 cm³/mol. The van der Waals surface area contributed by atoms with Gasteiger partial charge in [-0.05, 0) is 31.2 Å². The second kappa shape index (κ2) is 7.73.